The molecule has 1 spiro atoms. The Kier molecular flexibility index (Phi) is 3.17. The van der Waals surface area contributed by atoms with Crippen molar-refractivity contribution in [2.45, 2.75) is 50.6 Å². The molecule has 0 bridgehead atoms. The van der Waals surface area contributed by atoms with Crippen LogP contribution in [-0.4, -0.2) is 27.3 Å². The normalized spacial score (nSPS) is 26.8. The lowest BCUT2D eigenvalue weighted by Gasteiger charge is -2.26. The van der Waals surface area contributed by atoms with Crippen LogP contribution >= 0.6 is 0 Å². The number of amides is 1. The van der Waals surface area contributed by atoms with E-state index in [1.54, 1.807) is 0 Å². The largest absolute Gasteiger partial charge is 0.493 e. The molecular formula is C19H22N4O2. The number of hydrogen-bond donors (Lipinski definition) is 1. The molecule has 2 saturated carbocycles. The maximum Gasteiger partial charge on any atom is 0.224 e. The molecule has 0 saturated heterocycles. The summed E-state index contributed by atoms with van der Waals surface area (Å²) < 4.78 is 7.93. The minimum atomic E-state index is -0.0288. The van der Waals surface area contributed by atoms with Gasteiger partial charge in [0.2, 0.25) is 5.91 Å². The molecule has 2 atom stereocenters. The lowest BCUT2D eigenvalue weighted by Crippen LogP contribution is -2.31. The topological polar surface area (TPSA) is 69.0 Å². The zero-order chi connectivity index (χ0) is 17.0. The third-order valence-corrected chi connectivity index (χ3v) is 5.89. The Hall–Kier alpha value is -2.37. The van der Waals surface area contributed by atoms with Crippen LogP contribution in [0.1, 0.15) is 48.9 Å². The Labute approximate surface area is 146 Å². The average molecular weight is 338 g/mol. The summed E-state index contributed by atoms with van der Waals surface area (Å²) in [5.41, 5.74) is 1.16. The quantitative estimate of drug-likeness (QED) is 0.928. The van der Waals surface area contributed by atoms with Gasteiger partial charge in [-0.05, 0) is 38.7 Å². The molecule has 1 aliphatic heterocycles. The number of nitrogens with zero attached hydrogens (tertiary/aromatic N) is 3. The highest BCUT2D eigenvalue weighted by Crippen LogP contribution is 2.60. The summed E-state index contributed by atoms with van der Waals surface area (Å²) in [7, 11) is 0. The Morgan fingerprint density at radius 2 is 2.20 bits per heavy atom. The second kappa shape index (κ2) is 5.31. The highest BCUT2D eigenvalue weighted by Gasteiger charge is 2.60. The monoisotopic (exact) mass is 338 g/mol. The summed E-state index contributed by atoms with van der Waals surface area (Å²) >= 11 is 0. The molecule has 2 heterocycles. The number of carbonyl (C=O) groups is 1. The second-order valence-electron chi connectivity index (χ2n) is 7.49. The molecule has 6 nitrogen and oxygen atoms in total. The fraction of sp³-hybridized carbons (Fsp3) is 0.526. The third-order valence-electron chi connectivity index (χ3n) is 5.89. The lowest BCUT2D eigenvalue weighted by molar-refractivity contribution is -0.123. The Bertz CT molecular complexity index is 842. The molecule has 1 amide bonds. The van der Waals surface area contributed by atoms with Gasteiger partial charge in [0.05, 0.1) is 13.2 Å². The zero-order valence-corrected chi connectivity index (χ0v) is 14.4. The minimum absolute atomic E-state index is 0.0288. The number of aryl methyl sites for hydroxylation is 1. The molecule has 0 unspecified atom stereocenters. The predicted octanol–water partition coefficient (Wildman–Crippen LogP) is 2.28. The van der Waals surface area contributed by atoms with Gasteiger partial charge < -0.3 is 14.6 Å². The van der Waals surface area contributed by atoms with E-state index >= 15 is 0 Å². The van der Waals surface area contributed by atoms with Gasteiger partial charge in [0, 0.05) is 22.9 Å². The maximum absolute atomic E-state index is 12.8. The second-order valence-corrected chi connectivity index (χ2v) is 7.49. The van der Waals surface area contributed by atoms with Gasteiger partial charge >= 0.3 is 0 Å². The van der Waals surface area contributed by atoms with Gasteiger partial charge in [-0.25, -0.2) is 0 Å². The van der Waals surface area contributed by atoms with E-state index in [-0.39, 0.29) is 17.2 Å². The van der Waals surface area contributed by atoms with Crippen molar-refractivity contribution in [2.75, 3.05) is 6.61 Å². The molecule has 1 aromatic carbocycles. The molecule has 2 aliphatic carbocycles. The first-order valence-corrected chi connectivity index (χ1v) is 9.09. The first kappa shape index (κ1) is 14.9. The van der Waals surface area contributed by atoms with E-state index in [0.29, 0.717) is 19.2 Å². The molecule has 25 heavy (non-hydrogen) atoms. The number of ether oxygens (including phenoxy) is 1. The number of para-hydroxylation sites is 1. The number of nitrogens with one attached hydrogen (secondary N) is 1. The van der Waals surface area contributed by atoms with E-state index in [1.807, 2.05) is 25.1 Å². The van der Waals surface area contributed by atoms with Crippen molar-refractivity contribution in [1.82, 2.24) is 20.1 Å². The van der Waals surface area contributed by atoms with Crippen LogP contribution in [0.5, 0.6) is 5.75 Å². The highest BCUT2D eigenvalue weighted by molar-refractivity contribution is 5.84. The van der Waals surface area contributed by atoms with Crippen molar-refractivity contribution in [3.63, 3.8) is 0 Å². The van der Waals surface area contributed by atoms with Gasteiger partial charge in [-0.3, -0.25) is 4.79 Å². The molecule has 2 fully saturated rings. The van der Waals surface area contributed by atoms with Gasteiger partial charge in [-0.2, -0.15) is 0 Å². The minimum Gasteiger partial charge on any atom is -0.493 e. The SMILES string of the molecule is Cc1nnc(CNC(=O)[C@@H]2C[C@@]23CCOc2ccccc23)n1C1CC1. The standard InChI is InChI=1S/C19H22N4O2/c1-12-21-22-17(23(12)13-6-7-13)11-20-18(24)15-10-19(15)8-9-25-16-5-3-2-4-14(16)19/h2-5,13,15H,6-11H2,1H3,(H,20,24)/t15-,19+/m0/s1. The van der Waals surface area contributed by atoms with Crippen LogP contribution in [0.4, 0.5) is 0 Å². The van der Waals surface area contributed by atoms with Crippen molar-refractivity contribution < 1.29 is 9.53 Å². The van der Waals surface area contributed by atoms with Crippen LogP contribution in [0.3, 0.4) is 0 Å². The molecule has 3 aliphatic rings. The van der Waals surface area contributed by atoms with Crippen molar-refractivity contribution in [2.24, 2.45) is 5.92 Å². The van der Waals surface area contributed by atoms with Crippen LogP contribution < -0.4 is 10.1 Å². The van der Waals surface area contributed by atoms with Gasteiger partial charge in [0.1, 0.15) is 11.6 Å². The van der Waals surface area contributed by atoms with Gasteiger partial charge in [-0.1, -0.05) is 18.2 Å². The molecule has 5 rings (SSSR count). The Morgan fingerprint density at radius 3 is 3.04 bits per heavy atom. The summed E-state index contributed by atoms with van der Waals surface area (Å²) in [5.74, 6) is 2.91. The summed E-state index contributed by atoms with van der Waals surface area (Å²) in [4.78, 5) is 12.8. The number of hydrogen-bond acceptors (Lipinski definition) is 4. The molecule has 130 valence electrons. The highest BCUT2D eigenvalue weighted by atomic mass is 16.5. The summed E-state index contributed by atoms with van der Waals surface area (Å²) in [6, 6.07) is 8.65. The molecule has 1 N–H and O–H groups in total. The fourth-order valence-electron chi connectivity index (χ4n) is 4.34. The van der Waals surface area contributed by atoms with Crippen molar-refractivity contribution >= 4 is 5.91 Å². The van der Waals surface area contributed by atoms with E-state index in [4.69, 9.17) is 4.74 Å². The first-order valence-electron chi connectivity index (χ1n) is 9.09. The van der Waals surface area contributed by atoms with E-state index in [1.165, 1.54) is 18.4 Å². The van der Waals surface area contributed by atoms with Crippen LogP contribution in [-0.2, 0) is 16.8 Å². The predicted molar refractivity (Wildman–Crippen MR) is 91.2 cm³/mol. The molecule has 0 radical (unpaired) electrons. The Morgan fingerprint density at radius 1 is 1.36 bits per heavy atom. The molecule has 1 aromatic heterocycles. The van der Waals surface area contributed by atoms with Crippen molar-refractivity contribution in [3.05, 3.63) is 41.5 Å². The smallest absolute Gasteiger partial charge is 0.224 e. The Balaban J connectivity index is 1.30. The van der Waals surface area contributed by atoms with Crippen molar-refractivity contribution in [1.29, 1.82) is 0 Å². The third kappa shape index (κ3) is 2.34. The van der Waals surface area contributed by atoms with Crippen LogP contribution in [0, 0.1) is 12.8 Å². The van der Waals surface area contributed by atoms with E-state index in [9.17, 15) is 4.79 Å². The number of aromatic nitrogens is 3. The number of fused-ring (bicyclic) bond motifs is 2. The average Bonchev–Trinajstić information content (AvgIpc) is 3.54. The van der Waals surface area contributed by atoms with Crippen LogP contribution in [0.2, 0.25) is 0 Å². The molecular weight excluding hydrogens is 316 g/mol. The van der Waals surface area contributed by atoms with Crippen LogP contribution in [0.15, 0.2) is 24.3 Å². The van der Waals surface area contributed by atoms with E-state index < -0.39 is 0 Å². The first-order chi connectivity index (χ1) is 12.2. The van der Waals surface area contributed by atoms with Gasteiger partial charge in [-0.15, -0.1) is 10.2 Å². The van der Waals surface area contributed by atoms with E-state index in [2.05, 4.69) is 26.1 Å². The zero-order valence-electron chi connectivity index (χ0n) is 14.4. The van der Waals surface area contributed by atoms with Crippen LogP contribution in [0.25, 0.3) is 0 Å². The van der Waals surface area contributed by atoms with E-state index in [0.717, 1.165) is 30.2 Å². The fourth-order valence-corrected chi connectivity index (χ4v) is 4.34. The summed E-state index contributed by atoms with van der Waals surface area (Å²) in [5, 5.41) is 11.5. The summed E-state index contributed by atoms with van der Waals surface area (Å²) in [6.07, 6.45) is 4.19. The maximum atomic E-state index is 12.8. The van der Waals surface area contributed by atoms with Gasteiger partial charge in [0.15, 0.2) is 5.82 Å². The number of carbonyl (C=O) groups excluding carboxylic acids is 1. The lowest BCUT2D eigenvalue weighted by atomic mass is 9.87. The molecule has 6 heteroatoms. The number of rotatable bonds is 4. The van der Waals surface area contributed by atoms with Crippen molar-refractivity contribution in [3.8, 4) is 5.75 Å². The molecule has 2 aromatic rings. The van der Waals surface area contributed by atoms with Gasteiger partial charge in [0.25, 0.3) is 0 Å². The summed E-state index contributed by atoms with van der Waals surface area (Å²) in [6.45, 7) is 3.13. The number of benzene rings is 1.